The van der Waals surface area contributed by atoms with E-state index in [4.69, 9.17) is 0 Å². The Morgan fingerprint density at radius 3 is 2.27 bits per heavy atom. The highest BCUT2D eigenvalue weighted by Crippen LogP contribution is 2.31. The first-order valence-corrected chi connectivity index (χ1v) is 17.0. The van der Waals surface area contributed by atoms with Gasteiger partial charge in [0.1, 0.15) is 5.01 Å². The van der Waals surface area contributed by atoms with E-state index in [-0.39, 0.29) is 6.04 Å². The number of aromatic nitrogens is 4. The lowest BCUT2D eigenvalue weighted by Gasteiger charge is -2.32. The average molecular weight is 629 g/mol. The number of halogens is 3. The number of alkyl halides is 3. The summed E-state index contributed by atoms with van der Waals surface area (Å²) in [5, 5.41) is 22.3. The SMILES string of the molecule is CCCCCCCN(CCCCCCC)C(CNc1nnc(-c2ccc3n[nH]c(C)c3c2)s1)Cc1cccc(C(F)(F)F)c1. The minimum atomic E-state index is -4.36. The molecule has 0 aliphatic carbocycles. The van der Waals surface area contributed by atoms with Crippen molar-refractivity contribution >= 4 is 27.4 Å². The molecule has 1 atom stereocenters. The van der Waals surface area contributed by atoms with E-state index < -0.39 is 11.7 Å². The molecule has 6 nitrogen and oxygen atoms in total. The van der Waals surface area contributed by atoms with Gasteiger partial charge in [-0.1, -0.05) is 94.7 Å². The Labute approximate surface area is 263 Å². The van der Waals surface area contributed by atoms with Gasteiger partial charge < -0.3 is 5.32 Å². The predicted octanol–water partition coefficient (Wildman–Crippen LogP) is 9.67. The van der Waals surface area contributed by atoms with Crippen LogP contribution in [-0.4, -0.2) is 51.0 Å². The Bertz CT molecular complexity index is 1400. The van der Waals surface area contributed by atoms with Gasteiger partial charge in [-0.3, -0.25) is 10.00 Å². The Balaban J connectivity index is 1.51. The molecule has 1 unspecified atom stereocenters. The molecule has 4 aromatic rings. The summed E-state index contributed by atoms with van der Waals surface area (Å²) in [6.45, 7) is 8.89. The number of unbranched alkanes of at least 4 members (excludes halogenated alkanes) is 8. The van der Waals surface area contributed by atoms with Crippen LogP contribution in [0.5, 0.6) is 0 Å². The van der Waals surface area contributed by atoms with Gasteiger partial charge in [-0.2, -0.15) is 18.3 Å². The van der Waals surface area contributed by atoms with E-state index in [0.29, 0.717) is 23.7 Å². The molecule has 4 rings (SSSR count). The number of aryl methyl sites for hydroxylation is 1. The van der Waals surface area contributed by atoms with E-state index in [1.807, 2.05) is 25.1 Å². The van der Waals surface area contributed by atoms with Crippen LogP contribution < -0.4 is 5.32 Å². The van der Waals surface area contributed by atoms with Crippen LogP contribution in [0.3, 0.4) is 0 Å². The van der Waals surface area contributed by atoms with Crippen LogP contribution in [0, 0.1) is 6.92 Å². The molecule has 0 spiro atoms. The maximum atomic E-state index is 13.6. The van der Waals surface area contributed by atoms with Gasteiger partial charge in [0.2, 0.25) is 5.13 Å². The fraction of sp³-hybridized carbons (Fsp3) is 0.559. The van der Waals surface area contributed by atoms with E-state index >= 15 is 0 Å². The van der Waals surface area contributed by atoms with Gasteiger partial charge >= 0.3 is 6.18 Å². The molecule has 0 saturated heterocycles. The van der Waals surface area contributed by atoms with Crippen LogP contribution in [0.2, 0.25) is 0 Å². The van der Waals surface area contributed by atoms with Crippen molar-refractivity contribution in [2.45, 2.75) is 104 Å². The van der Waals surface area contributed by atoms with Crippen molar-refractivity contribution in [3.63, 3.8) is 0 Å². The Hall–Kier alpha value is -2.98. The van der Waals surface area contributed by atoms with Gasteiger partial charge in [0.25, 0.3) is 0 Å². The maximum Gasteiger partial charge on any atom is 0.416 e. The average Bonchev–Trinajstić information content (AvgIpc) is 3.64. The molecule has 2 N–H and O–H groups in total. The second kappa shape index (κ2) is 16.9. The van der Waals surface area contributed by atoms with Crippen LogP contribution in [0.4, 0.5) is 18.3 Å². The number of fused-ring (bicyclic) bond motifs is 1. The third-order valence-corrected chi connectivity index (χ3v) is 9.18. The van der Waals surface area contributed by atoms with Crippen molar-refractivity contribution in [2.24, 2.45) is 0 Å². The molecule has 0 aliphatic heterocycles. The number of rotatable bonds is 19. The number of benzene rings is 2. The largest absolute Gasteiger partial charge is 0.416 e. The molecule has 0 radical (unpaired) electrons. The molecule has 0 amide bonds. The summed E-state index contributed by atoms with van der Waals surface area (Å²) >= 11 is 1.49. The number of nitrogens with zero attached hydrogens (tertiary/aromatic N) is 4. The first kappa shape index (κ1) is 33.9. The maximum absolute atomic E-state index is 13.6. The van der Waals surface area contributed by atoms with Crippen LogP contribution >= 0.6 is 11.3 Å². The predicted molar refractivity (Wildman–Crippen MR) is 176 cm³/mol. The molecule has 0 fully saturated rings. The highest BCUT2D eigenvalue weighted by Gasteiger charge is 2.31. The first-order chi connectivity index (χ1) is 21.3. The van der Waals surface area contributed by atoms with Crippen molar-refractivity contribution in [1.29, 1.82) is 0 Å². The van der Waals surface area contributed by atoms with E-state index in [1.54, 1.807) is 0 Å². The zero-order valence-corrected chi connectivity index (χ0v) is 27.2. The lowest BCUT2D eigenvalue weighted by Crippen LogP contribution is -2.43. The minimum Gasteiger partial charge on any atom is -0.358 e. The molecule has 240 valence electrons. The summed E-state index contributed by atoms with van der Waals surface area (Å²) in [6, 6.07) is 11.9. The van der Waals surface area contributed by atoms with Crippen LogP contribution in [-0.2, 0) is 12.6 Å². The fourth-order valence-corrected chi connectivity index (χ4v) is 6.43. The van der Waals surface area contributed by atoms with E-state index in [2.05, 4.69) is 50.5 Å². The van der Waals surface area contributed by atoms with Gasteiger partial charge in [0, 0.05) is 29.2 Å². The monoisotopic (exact) mass is 628 g/mol. The molecular formula is C34H47F3N6S. The topological polar surface area (TPSA) is 69.7 Å². The fourth-order valence-electron chi connectivity index (χ4n) is 5.68. The summed E-state index contributed by atoms with van der Waals surface area (Å²) in [5.74, 6) is 0. The molecule has 0 aliphatic rings. The molecular weight excluding hydrogens is 581 g/mol. The van der Waals surface area contributed by atoms with Crippen LogP contribution in [0.25, 0.3) is 21.5 Å². The molecule has 2 heterocycles. The summed E-state index contributed by atoms with van der Waals surface area (Å²) in [6.07, 6.45) is 7.99. The van der Waals surface area contributed by atoms with E-state index in [1.165, 1.54) is 74.8 Å². The Morgan fingerprint density at radius 2 is 1.59 bits per heavy atom. The molecule has 10 heteroatoms. The summed E-state index contributed by atoms with van der Waals surface area (Å²) in [7, 11) is 0. The number of hydrogen-bond acceptors (Lipinski definition) is 6. The highest BCUT2D eigenvalue weighted by molar-refractivity contribution is 7.18. The van der Waals surface area contributed by atoms with Crippen LogP contribution in [0.1, 0.15) is 94.9 Å². The third kappa shape index (κ3) is 10.0. The molecule has 0 saturated carbocycles. The number of hydrogen-bond donors (Lipinski definition) is 2. The van der Waals surface area contributed by atoms with Gasteiger partial charge in [-0.25, -0.2) is 0 Å². The summed E-state index contributed by atoms with van der Waals surface area (Å²) in [5.41, 5.74) is 3.01. The van der Waals surface area contributed by atoms with Crippen molar-refractivity contribution in [3.8, 4) is 10.6 Å². The smallest absolute Gasteiger partial charge is 0.358 e. The van der Waals surface area contributed by atoms with Gasteiger partial charge in [-0.05, 0) is 69.1 Å². The summed E-state index contributed by atoms with van der Waals surface area (Å²) in [4.78, 5) is 2.50. The second-order valence-corrected chi connectivity index (χ2v) is 12.8. The molecule has 44 heavy (non-hydrogen) atoms. The minimum absolute atomic E-state index is 0.0214. The number of H-pyrrole nitrogens is 1. The molecule has 0 bridgehead atoms. The van der Waals surface area contributed by atoms with Crippen LogP contribution in [0.15, 0.2) is 42.5 Å². The highest BCUT2D eigenvalue weighted by atomic mass is 32.1. The van der Waals surface area contributed by atoms with Gasteiger partial charge in [0.05, 0.1) is 11.1 Å². The van der Waals surface area contributed by atoms with Crippen molar-refractivity contribution in [2.75, 3.05) is 25.0 Å². The molecule has 2 aromatic carbocycles. The zero-order chi connectivity index (χ0) is 31.4. The first-order valence-electron chi connectivity index (χ1n) is 16.2. The van der Waals surface area contributed by atoms with Gasteiger partial charge in [-0.15, -0.1) is 10.2 Å². The number of aromatic amines is 1. The normalized spacial score (nSPS) is 12.8. The molecule has 2 aromatic heterocycles. The Kier molecular flexibility index (Phi) is 13.0. The number of nitrogens with one attached hydrogen (secondary N) is 2. The summed E-state index contributed by atoms with van der Waals surface area (Å²) < 4.78 is 40.7. The zero-order valence-electron chi connectivity index (χ0n) is 26.3. The standard InChI is InChI=1S/C34H47F3N6S/c1-4-6-8-10-12-19-43(20-13-11-9-7-5-2)29(22-26-15-14-16-28(21-26)34(35,36)37)24-38-33-42-41-32(44-33)27-17-18-31-30(23-27)25(3)39-40-31/h14-18,21,23,29H,4-13,19-20,22,24H2,1-3H3,(H,38,42)(H,39,40). The quantitative estimate of drug-likeness (QED) is 0.101. The lowest BCUT2D eigenvalue weighted by atomic mass is 10.0. The van der Waals surface area contributed by atoms with Crippen molar-refractivity contribution < 1.29 is 13.2 Å². The number of anilines is 1. The van der Waals surface area contributed by atoms with Crippen molar-refractivity contribution in [1.82, 2.24) is 25.3 Å². The van der Waals surface area contributed by atoms with E-state index in [0.717, 1.165) is 59.2 Å². The third-order valence-electron chi connectivity index (χ3n) is 8.25. The lowest BCUT2D eigenvalue weighted by molar-refractivity contribution is -0.137. The van der Waals surface area contributed by atoms with E-state index in [9.17, 15) is 13.2 Å². The second-order valence-electron chi connectivity index (χ2n) is 11.8. The Morgan fingerprint density at radius 1 is 0.886 bits per heavy atom. The van der Waals surface area contributed by atoms with Gasteiger partial charge in [0.15, 0.2) is 0 Å². The van der Waals surface area contributed by atoms with Crippen molar-refractivity contribution in [3.05, 3.63) is 59.3 Å².